The van der Waals surface area contributed by atoms with Gasteiger partial charge in [-0.25, -0.2) is 0 Å². The maximum atomic E-state index is 12.2. The highest BCUT2D eigenvalue weighted by Gasteiger charge is 2.53. The van der Waals surface area contributed by atoms with Crippen LogP contribution in [0.15, 0.2) is 24.3 Å². The minimum absolute atomic E-state index is 0.217. The van der Waals surface area contributed by atoms with E-state index >= 15 is 0 Å². The van der Waals surface area contributed by atoms with Crippen LogP contribution < -0.4 is 4.90 Å². The maximum absolute atomic E-state index is 12.2. The lowest BCUT2D eigenvalue weighted by molar-refractivity contribution is -0.145. The summed E-state index contributed by atoms with van der Waals surface area (Å²) < 4.78 is 4.96. The van der Waals surface area contributed by atoms with E-state index in [1.165, 1.54) is 7.11 Å². The lowest BCUT2D eigenvalue weighted by atomic mass is 9.79. The van der Waals surface area contributed by atoms with E-state index in [9.17, 15) is 9.90 Å². The quantitative estimate of drug-likeness (QED) is 0.781. The Hall–Kier alpha value is -1.55. The minimum atomic E-state index is -0.865. The summed E-state index contributed by atoms with van der Waals surface area (Å²) in [5.41, 5.74) is 1.17. The summed E-state index contributed by atoms with van der Waals surface area (Å²) in [4.78, 5) is 14.3. The minimum Gasteiger partial charge on any atom is -0.468 e. The number of carbonyl (C=O) groups is 1. The Morgan fingerprint density at radius 2 is 2.21 bits per heavy atom. The van der Waals surface area contributed by atoms with E-state index in [2.05, 4.69) is 4.90 Å². The first-order chi connectivity index (χ1) is 9.06. The number of esters is 1. The van der Waals surface area contributed by atoms with Crippen LogP contribution in [0.2, 0.25) is 0 Å². The zero-order valence-corrected chi connectivity index (χ0v) is 11.3. The van der Waals surface area contributed by atoms with E-state index in [1.54, 1.807) is 0 Å². The SMILES string of the molecule is COC(=O)[C@@H]1c2ccccc2N2CCC[C@@](C)(O)[C@@H]12. The third-order valence-corrected chi connectivity index (χ3v) is 4.41. The average Bonchev–Trinajstić information content (AvgIpc) is 2.74. The lowest BCUT2D eigenvalue weighted by Gasteiger charge is -2.44. The largest absolute Gasteiger partial charge is 0.468 e. The number of nitrogens with zero attached hydrogens (tertiary/aromatic N) is 1. The van der Waals surface area contributed by atoms with Crippen molar-refractivity contribution in [1.29, 1.82) is 0 Å². The molecule has 102 valence electrons. The molecule has 2 aliphatic rings. The molecule has 0 radical (unpaired) electrons. The van der Waals surface area contributed by atoms with Crippen molar-refractivity contribution >= 4 is 11.7 Å². The van der Waals surface area contributed by atoms with E-state index in [0.717, 1.165) is 30.6 Å². The fourth-order valence-corrected chi connectivity index (χ4v) is 3.60. The van der Waals surface area contributed by atoms with Crippen molar-refractivity contribution < 1.29 is 14.6 Å². The second-order valence-corrected chi connectivity index (χ2v) is 5.66. The highest BCUT2D eigenvalue weighted by atomic mass is 16.5. The Kier molecular flexibility index (Phi) is 2.78. The van der Waals surface area contributed by atoms with E-state index in [4.69, 9.17) is 4.74 Å². The molecule has 1 fully saturated rings. The monoisotopic (exact) mass is 261 g/mol. The second-order valence-electron chi connectivity index (χ2n) is 5.66. The number of ether oxygens (including phenoxy) is 1. The molecule has 0 aromatic heterocycles. The van der Waals surface area contributed by atoms with Gasteiger partial charge in [-0.15, -0.1) is 0 Å². The Morgan fingerprint density at radius 1 is 1.47 bits per heavy atom. The summed E-state index contributed by atoms with van der Waals surface area (Å²) in [5.74, 6) is -0.654. The lowest BCUT2D eigenvalue weighted by Crippen LogP contribution is -2.56. The molecule has 0 spiro atoms. The zero-order valence-electron chi connectivity index (χ0n) is 11.3. The molecule has 4 heteroatoms. The Morgan fingerprint density at radius 3 is 2.95 bits per heavy atom. The molecule has 2 aliphatic heterocycles. The summed E-state index contributed by atoms with van der Waals surface area (Å²) in [6.07, 6.45) is 1.65. The predicted octanol–water partition coefficient (Wildman–Crippen LogP) is 1.68. The molecule has 0 aliphatic carbocycles. The van der Waals surface area contributed by atoms with Crippen LogP contribution in [0.25, 0.3) is 0 Å². The number of carbonyl (C=O) groups excluding carboxylic acids is 1. The summed E-state index contributed by atoms with van der Waals surface area (Å²) in [7, 11) is 1.41. The Balaban J connectivity index is 2.13. The third kappa shape index (κ3) is 1.74. The highest BCUT2D eigenvalue weighted by molar-refractivity contribution is 5.86. The van der Waals surface area contributed by atoms with E-state index in [1.807, 2.05) is 31.2 Å². The van der Waals surface area contributed by atoms with Crippen molar-refractivity contribution in [2.75, 3.05) is 18.6 Å². The topological polar surface area (TPSA) is 49.8 Å². The molecule has 0 amide bonds. The first-order valence-corrected chi connectivity index (χ1v) is 6.72. The van der Waals surface area contributed by atoms with Crippen LogP contribution in [-0.2, 0) is 9.53 Å². The van der Waals surface area contributed by atoms with Crippen LogP contribution in [0, 0.1) is 0 Å². The number of hydrogen-bond donors (Lipinski definition) is 1. The van der Waals surface area contributed by atoms with Gasteiger partial charge in [-0.1, -0.05) is 18.2 Å². The van der Waals surface area contributed by atoms with E-state index in [0.29, 0.717) is 0 Å². The number of benzene rings is 1. The van der Waals surface area contributed by atoms with Crippen LogP contribution in [0.5, 0.6) is 0 Å². The molecule has 1 aromatic rings. The summed E-state index contributed by atoms with van der Waals surface area (Å²) in [6.45, 7) is 2.71. The van der Waals surface area contributed by atoms with E-state index in [-0.39, 0.29) is 12.0 Å². The summed E-state index contributed by atoms with van der Waals surface area (Å²) >= 11 is 0. The van der Waals surface area contributed by atoms with Crippen LogP contribution >= 0.6 is 0 Å². The van der Waals surface area contributed by atoms with Crippen molar-refractivity contribution in [1.82, 2.24) is 0 Å². The van der Waals surface area contributed by atoms with Crippen LogP contribution in [0.3, 0.4) is 0 Å². The van der Waals surface area contributed by atoms with Gasteiger partial charge < -0.3 is 14.7 Å². The Labute approximate surface area is 113 Å². The van der Waals surface area contributed by atoms with Crippen molar-refractivity contribution in [3.8, 4) is 0 Å². The summed E-state index contributed by atoms with van der Waals surface area (Å²) in [6, 6.07) is 7.67. The van der Waals surface area contributed by atoms with Gasteiger partial charge in [-0.2, -0.15) is 0 Å². The molecular weight excluding hydrogens is 242 g/mol. The van der Waals surface area contributed by atoms with Gasteiger partial charge in [0.15, 0.2) is 0 Å². The number of rotatable bonds is 1. The van der Waals surface area contributed by atoms with Crippen molar-refractivity contribution in [3.63, 3.8) is 0 Å². The van der Waals surface area contributed by atoms with Crippen LogP contribution in [-0.4, -0.2) is 36.4 Å². The van der Waals surface area contributed by atoms with Crippen molar-refractivity contribution in [3.05, 3.63) is 29.8 Å². The predicted molar refractivity (Wildman–Crippen MR) is 72.2 cm³/mol. The molecule has 0 unspecified atom stereocenters. The number of hydrogen-bond acceptors (Lipinski definition) is 4. The molecule has 0 saturated carbocycles. The fraction of sp³-hybridized carbons (Fsp3) is 0.533. The maximum Gasteiger partial charge on any atom is 0.315 e. The van der Waals surface area contributed by atoms with Gasteiger partial charge in [0.2, 0.25) is 0 Å². The normalized spacial score (nSPS) is 32.7. The standard InChI is InChI=1S/C15H19NO3/c1-15(18)8-5-9-16-11-7-4-3-6-10(11)12(13(15)16)14(17)19-2/h3-4,6-7,12-13,18H,5,8-9H2,1-2H3/t12-,13-,15-/m1/s1. The Bertz CT molecular complexity index is 512. The molecule has 1 N–H and O–H groups in total. The molecule has 4 nitrogen and oxygen atoms in total. The fourth-order valence-electron chi connectivity index (χ4n) is 3.60. The van der Waals surface area contributed by atoms with Gasteiger partial charge in [-0.3, -0.25) is 4.79 Å². The summed E-state index contributed by atoms with van der Waals surface area (Å²) in [5, 5.41) is 10.7. The average molecular weight is 261 g/mol. The molecule has 3 atom stereocenters. The number of methoxy groups -OCH3 is 1. The number of fused-ring (bicyclic) bond motifs is 3. The molecule has 1 saturated heterocycles. The molecule has 1 aromatic carbocycles. The van der Waals surface area contributed by atoms with Gasteiger partial charge in [-0.05, 0) is 31.4 Å². The number of piperidine rings is 1. The van der Waals surface area contributed by atoms with Crippen LogP contribution in [0.4, 0.5) is 5.69 Å². The van der Waals surface area contributed by atoms with Gasteiger partial charge in [0.25, 0.3) is 0 Å². The zero-order chi connectivity index (χ0) is 13.6. The molecule has 19 heavy (non-hydrogen) atoms. The van der Waals surface area contributed by atoms with Crippen LogP contribution in [0.1, 0.15) is 31.2 Å². The third-order valence-electron chi connectivity index (χ3n) is 4.41. The molecule has 3 rings (SSSR count). The smallest absolute Gasteiger partial charge is 0.315 e. The first kappa shape index (κ1) is 12.5. The molecule has 2 heterocycles. The van der Waals surface area contributed by atoms with Crippen molar-refractivity contribution in [2.45, 2.75) is 37.3 Å². The molecular formula is C15H19NO3. The van der Waals surface area contributed by atoms with Gasteiger partial charge in [0.05, 0.1) is 18.8 Å². The molecule has 0 bridgehead atoms. The highest BCUT2D eigenvalue weighted by Crippen LogP contribution is 2.48. The first-order valence-electron chi connectivity index (χ1n) is 6.72. The van der Waals surface area contributed by atoms with Gasteiger partial charge in [0, 0.05) is 12.2 Å². The van der Waals surface area contributed by atoms with E-state index < -0.39 is 11.5 Å². The second kappa shape index (κ2) is 4.23. The number of anilines is 1. The van der Waals surface area contributed by atoms with Crippen molar-refractivity contribution in [2.24, 2.45) is 0 Å². The number of para-hydroxylation sites is 1. The number of aliphatic hydroxyl groups is 1. The van der Waals surface area contributed by atoms with Gasteiger partial charge >= 0.3 is 5.97 Å². The van der Waals surface area contributed by atoms with Gasteiger partial charge in [0.1, 0.15) is 5.92 Å².